The van der Waals surface area contributed by atoms with E-state index in [1.54, 1.807) is 29.8 Å². The van der Waals surface area contributed by atoms with E-state index < -0.39 is 6.10 Å². The SMILES string of the molecule is COc1ccn2c(Cl)c(C(O)CN)nc2c1. The van der Waals surface area contributed by atoms with Crippen molar-refractivity contribution in [1.29, 1.82) is 0 Å². The van der Waals surface area contributed by atoms with Crippen molar-refractivity contribution in [3.05, 3.63) is 29.2 Å². The van der Waals surface area contributed by atoms with Crippen LogP contribution in [0.3, 0.4) is 0 Å². The third-order valence-electron chi connectivity index (χ3n) is 2.34. The molecule has 6 heteroatoms. The number of aliphatic hydroxyl groups is 1. The van der Waals surface area contributed by atoms with Crippen LogP contribution in [0.4, 0.5) is 0 Å². The summed E-state index contributed by atoms with van der Waals surface area (Å²) in [7, 11) is 1.58. The highest BCUT2D eigenvalue weighted by Crippen LogP contribution is 2.25. The zero-order valence-corrected chi connectivity index (χ0v) is 9.48. The highest BCUT2D eigenvalue weighted by atomic mass is 35.5. The van der Waals surface area contributed by atoms with Crippen molar-refractivity contribution in [3.63, 3.8) is 0 Å². The number of hydrogen-bond donors (Lipinski definition) is 2. The Labute approximate surface area is 97.4 Å². The van der Waals surface area contributed by atoms with Crippen LogP contribution < -0.4 is 10.5 Å². The molecule has 0 amide bonds. The molecule has 2 aromatic heterocycles. The standard InChI is InChI=1S/C10H12ClN3O2/c1-16-6-2-3-14-8(4-6)13-9(10(14)11)7(15)5-12/h2-4,7,15H,5,12H2,1H3. The van der Waals surface area contributed by atoms with E-state index in [2.05, 4.69) is 4.98 Å². The summed E-state index contributed by atoms with van der Waals surface area (Å²) in [6, 6.07) is 3.50. The van der Waals surface area contributed by atoms with Gasteiger partial charge in [-0.05, 0) is 6.07 Å². The van der Waals surface area contributed by atoms with Crippen LogP contribution in [0.5, 0.6) is 5.75 Å². The Morgan fingerprint density at radius 1 is 1.69 bits per heavy atom. The van der Waals surface area contributed by atoms with E-state index in [4.69, 9.17) is 22.1 Å². The van der Waals surface area contributed by atoms with Gasteiger partial charge < -0.3 is 15.6 Å². The number of aliphatic hydroxyl groups excluding tert-OH is 1. The Bertz CT molecular complexity index is 512. The number of aromatic nitrogens is 2. The largest absolute Gasteiger partial charge is 0.497 e. The van der Waals surface area contributed by atoms with Gasteiger partial charge in [0, 0.05) is 18.8 Å². The number of hydrogen-bond acceptors (Lipinski definition) is 4. The second-order valence-electron chi connectivity index (χ2n) is 3.33. The Balaban J connectivity index is 2.58. The maximum atomic E-state index is 9.62. The van der Waals surface area contributed by atoms with E-state index in [0.29, 0.717) is 22.2 Å². The van der Waals surface area contributed by atoms with Crippen molar-refractivity contribution < 1.29 is 9.84 Å². The lowest BCUT2D eigenvalue weighted by atomic mass is 10.3. The molecule has 2 rings (SSSR count). The molecular weight excluding hydrogens is 230 g/mol. The van der Waals surface area contributed by atoms with E-state index in [-0.39, 0.29) is 6.54 Å². The molecule has 2 aromatic rings. The first-order valence-corrected chi connectivity index (χ1v) is 5.14. The molecule has 1 unspecified atom stereocenters. The molecule has 0 aliphatic carbocycles. The molecule has 0 spiro atoms. The number of ether oxygens (including phenoxy) is 1. The molecule has 0 aromatic carbocycles. The molecule has 0 aliphatic heterocycles. The Kier molecular flexibility index (Phi) is 3.00. The van der Waals surface area contributed by atoms with Gasteiger partial charge in [-0.15, -0.1) is 0 Å². The van der Waals surface area contributed by atoms with Crippen LogP contribution in [0, 0.1) is 0 Å². The zero-order chi connectivity index (χ0) is 11.7. The number of halogens is 1. The summed E-state index contributed by atoms with van der Waals surface area (Å²) in [4.78, 5) is 4.21. The fraction of sp³-hybridized carbons (Fsp3) is 0.300. The quantitative estimate of drug-likeness (QED) is 0.841. The average molecular weight is 242 g/mol. The molecule has 0 aliphatic rings. The lowest BCUT2D eigenvalue weighted by Crippen LogP contribution is -2.12. The highest BCUT2D eigenvalue weighted by Gasteiger charge is 2.16. The van der Waals surface area contributed by atoms with Crippen LogP contribution in [0.15, 0.2) is 18.3 Å². The van der Waals surface area contributed by atoms with Gasteiger partial charge in [0.25, 0.3) is 0 Å². The monoisotopic (exact) mass is 241 g/mol. The average Bonchev–Trinajstić information content (AvgIpc) is 2.65. The third kappa shape index (κ3) is 1.73. The van der Waals surface area contributed by atoms with Gasteiger partial charge in [-0.1, -0.05) is 11.6 Å². The molecular formula is C10H12ClN3O2. The Hall–Kier alpha value is -1.30. The molecule has 0 radical (unpaired) electrons. The van der Waals surface area contributed by atoms with Crippen molar-refractivity contribution in [2.24, 2.45) is 5.73 Å². The maximum Gasteiger partial charge on any atom is 0.142 e. The summed E-state index contributed by atoms with van der Waals surface area (Å²) in [6.45, 7) is 0.0841. The van der Waals surface area contributed by atoms with Gasteiger partial charge in [0.15, 0.2) is 0 Å². The van der Waals surface area contributed by atoms with E-state index in [1.165, 1.54) is 0 Å². The smallest absolute Gasteiger partial charge is 0.142 e. The lowest BCUT2D eigenvalue weighted by Gasteiger charge is -2.03. The van der Waals surface area contributed by atoms with Crippen molar-refractivity contribution in [2.45, 2.75) is 6.10 Å². The molecule has 0 fully saturated rings. The first-order valence-electron chi connectivity index (χ1n) is 4.77. The van der Waals surface area contributed by atoms with Crippen molar-refractivity contribution >= 4 is 17.2 Å². The fourth-order valence-corrected chi connectivity index (χ4v) is 1.78. The van der Waals surface area contributed by atoms with Gasteiger partial charge in [0.1, 0.15) is 28.3 Å². The predicted molar refractivity (Wildman–Crippen MR) is 60.8 cm³/mol. The summed E-state index contributed by atoms with van der Waals surface area (Å²) in [5.74, 6) is 0.683. The molecule has 16 heavy (non-hydrogen) atoms. The predicted octanol–water partition coefficient (Wildman–Crippen LogP) is 0.988. The van der Waals surface area contributed by atoms with Gasteiger partial charge in [-0.25, -0.2) is 4.98 Å². The third-order valence-corrected chi connectivity index (χ3v) is 2.71. The van der Waals surface area contributed by atoms with E-state index in [9.17, 15) is 5.11 Å². The summed E-state index contributed by atoms with van der Waals surface area (Å²) < 4.78 is 6.74. The van der Waals surface area contributed by atoms with Gasteiger partial charge in [0.05, 0.1) is 7.11 Å². The number of nitrogens with two attached hydrogens (primary N) is 1. The number of methoxy groups -OCH3 is 1. The highest BCUT2D eigenvalue weighted by molar-refractivity contribution is 6.30. The molecule has 5 nitrogen and oxygen atoms in total. The number of nitrogens with zero attached hydrogens (tertiary/aromatic N) is 2. The second kappa shape index (κ2) is 4.29. The topological polar surface area (TPSA) is 72.8 Å². The minimum atomic E-state index is -0.849. The molecule has 0 saturated carbocycles. The summed E-state index contributed by atoms with van der Waals surface area (Å²) >= 11 is 6.07. The Morgan fingerprint density at radius 3 is 3.06 bits per heavy atom. The number of pyridine rings is 1. The summed E-state index contributed by atoms with van der Waals surface area (Å²) in [5, 5.41) is 9.99. The van der Waals surface area contributed by atoms with Gasteiger partial charge >= 0.3 is 0 Å². The number of imidazole rings is 1. The second-order valence-corrected chi connectivity index (χ2v) is 3.69. The zero-order valence-electron chi connectivity index (χ0n) is 8.72. The summed E-state index contributed by atoms with van der Waals surface area (Å²) in [6.07, 6.45) is 0.884. The molecule has 86 valence electrons. The maximum absolute atomic E-state index is 9.62. The van der Waals surface area contributed by atoms with E-state index in [1.807, 2.05) is 0 Å². The van der Waals surface area contributed by atoms with E-state index in [0.717, 1.165) is 0 Å². The minimum Gasteiger partial charge on any atom is -0.497 e. The van der Waals surface area contributed by atoms with Gasteiger partial charge in [-0.2, -0.15) is 0 Å². The van der Waals surface area contributed by atoms with Crippen LogP contribution in [0.25, 0.3) is 5.65 Å². The molecule has 1 atom stereocenters. The van der Waals surface area contributed by atoms with E-state index >= 15 is 0 Å². The van der Waals surface area contributed by atoms with Crippen molar-refractivity contribution in [2.75, 3.05) is 13.7 Å². The lowest BCUT2D eigenvalue weighted by molar-refractivity contribution is 0.182. The van der Waals surface area contributed by atoms with Crippen molar-refractivity contribution in [3.8, 4) is 5.75 Å². The number of rotatable bonds is 3. The normalized spacial score (nSPS) is 13.0. The van der Waals surface area contributed by atoms with Crippen LogP contribution >= 0.6 is 11.6 Å². The molecule has 3 N–H and O–H groups in total. The summed E-state index contributed by atoms with van der Waals surface area (Å²) in [5.41, 5.74) is 6.37. The molecule has 0 saturated heterocycles. The van der Waals surface area contributed by atoms with Crippen LogP contribution in [-0.2, 0) is 0 Å². The first-order chi connectivity index (χ1) is 7.67. The first kappa shape index (κ1) is 11.2. The minimum absolute atomic E-state index is 0.0841. The van der Waals surface area contributed by atoms with Crippen LogP contribution in [-0.4, -0.2) is 28.1 Å². The van der Waals surface area contributed by atoms with Gasteiger partial charge in [0.2, 0.25) is 0 Å². The number of fused-ring (bicyclic) bond motifs is 1. The van der Waals surface area contributed by atoms with Crippen LogP contribution in [0.1, 0.15) is 11.8 Å². The Morgan fingerprint density at radius 2 is 2.44 bits per heavy atom. The fourth-order valence-electron chi connectivity index (χ4n) is 1.46. The van der Waals surface area contributed by atoms with Gasteiger partial charge in [-0.3, -0.25) is 4.40 Å². The van der Waals surface area contributed by atoms with Crippen molar-refractivity contribution in [1.82, 2.24) is 9.38 Å². The molecule has 0 bridgehead atoms. The van der Waals surface area contributed by atoms with Crippen LogP contribution in [0.2, 0.25) is 5.15 Å². The molecule has 2 heterocycles.